The fraction of sp³-hybridized carbons (Fsp3) is 0.800. The van der Waals surface area contributed by atoms with Crippen LogP contribution in [0.2, 0.25) is 0 Å². The average molecular weight is 198 g/mol. The number of hydrogen-bond donors (Lipinski definition) is 0. The molecule has 4 nitrogen and oxygen atoms in total. The van der Waals surface area contributed by atoms with Gasteiger partial charge in [-0.1, -0.05) is 0 Å². The summed E-state index contributed by atoms with van der Waals surface area (Å²) in [6.45, 7) is 7.68. The van der Waals surface area contributed by atoms with Crippen LogP contribution in [0.15, 0.2) is 0 Å². The highest BCUT2D eigenvalue weighted by molar-refractivity contribution is 5.78. The third-order valence-electron chi connectivity index (χ3n) is 1.72. The third kappa shape index (κ3) is 4.83. The lowest BCUT2D eigenvalue weighted by Crippen LogP contribution is -2.40. The van der Waals surface area contributed by atoms with Crippen LogP contribution in [-0.2, 0) is 9.53 Å². The molecule has 0 heterocycles. The third-order valence-corrected chi connectivity index (χ3v) is 1.72. The van der Waals surface area contributed by atoms with Crippen LogP contribution in [0.1, 0.15) is 27.7 Å². The van der Waals surface area contributed by atoms with Crippen LogP contribution in [-0.4, -0.2) is 36.1 Å². The van der Waals surface area contributed by atoms with Gasteiger partial charge in [-0.05, 0) is 27.7 Å². The monoisotopic (exact) mass is 198 g/mol. The van der Waals surface area contributed by atoms with Crippen molar-refractivity contribution in [1.29, 1.82) is 5.26 Å². The molecule has 0 aromatic heterocycles. The summed E-state index contributed by atoms with van der Waals surface area (Å²) in [7, 11) is 0. The zero-order valence-corrected chi connectivity index (χ0v) is 9.28. The van der Waals surface area contributed by atoms with Crippen LogP contribution in [0, 0.1) is 11.3 Å². The highest BCUT2D eigenvalue weighted by Gasteiger charge is 2.16. The van der Waals surface area contributed by atoms with E-state index in [1.807, 2.05) is 33.8 Å². The lowest BCUT2D eigenvalue weighted by molar-refractivity contribution is -0.138. The van der Waals surface area contributed by atoms with Gasteiger partial charge in [-0.15, -0.1) is 0 Å². The molecule has 0 saturated carbocycles. The summed E-state index contributed by atoms with van der Waals surface area (Å²) in [5.74, 6) is -0.129. The number of ether oxygens (including phenoxy) is 1. The van der Waals surface area contributed by atoms with Crippen LogP contribution in [0.4, 0.5) is 0 Å². The average Bonchev–Trinajstić information content (AvgIpc) is 2.09. The van der Waals surface area contributed by atoms with Crippen LogP contribution in [0.25, 0.3) is 0 Å². The van der Waals surface area contributed by atoms with Gasteiger partial charge in [-0.25, -0.2) is 0 Å². The lowest BCUT2D eigenvalue weighted by atomic mass is 10.3. The van der Waals surface area contributed by atoms with E-state index >= 15 is 0 Å². The van der Waals surface area contributed by atoms with E-state index in [0.717, 1.165) is 0 Å². The van der Waals surface area contributed by atoms with E-state index in [1.165, 1.54) is 4.90 Å². The molecule has 0 fully saturated rings. The van der Waals surface area contributed by atoms with Crippen molar-refractivity contribution in [1.82, 2.24) is 4.90 Å². The Morgan fingerprint density at radius 2 is 2.00 bits per heavy atom. The number of hydrogen-bond acceptors (Lipinski definition) is 3. The molecule has 4 heteroatoms. The van der Waals surface area contributed by atoms with E-state index in [4.69, 9.17) is 10.00 Å². The van der Waals surface area contributed by atoms with E-state index in [0.29, 0.717) is 0 Å². The minimum Gasteiger partial charge on any atom is -0.369 e. The number of nitrogens with zero attached hydrogens (tertiary/aromatic N) is 2. The van der Waals surface area contributed by atoms with Gasteiger partial charge < -0.3 is 9.64 Å². The standard InChI is InChI=1S/C10H18N2O2/c1-8(2)12(6-5-11)10(13)7-14-9(3)4/h8-9H,6-7H2,1-4H3. The van der Waals surface area contributed by atoms with Crippen molar-refractivity contribution >= 4 is 5.91 Å². The first kappa shape index (κ1) is 12.9. The summed E-state index contributed by atoms with van der Waals surface area (Å²) in [5, 5.41) is 8.53. The minimum atomic E-state index is -0.129. The molecule has 0 aliphatic carbocycles. The summed E-state index contributed by atoms with van der Waals surface area (Å²) in [4.78, 5) is 13.0. The van der Waals surface area contributed by atoms with Gasteiger partial charge in [0.05, 0.1) is 12.2 Å². The molecule has 0 N–H and O–H groups in total. The van der Waals surface area contributed by atoms with Gasteiger partial charge in [0, 0.05) is 6.04 Å². The number of carbonyl (C=O) groups is 1. The fourth-order valence-corrected chi connectivity index (χ4v) is 0.956. The predicted molar refractivity (Wildman–Crippen MR) is 53.6 cm³/mol. The van der Waals surface area contributed by atoms with Gasteiger partial charge >= 0.3 is 0 Å². The Hall–Kier alpha value is -1.08. The smallest absolute Gasteiger partial charge is 0.249 e. The van der Waals surface area contributed by atoms with Crippen LogP contribution in [0.3, 0.4) is 0 Å². The number of amides is 1. The Bertz CT molecular complexity index is 219. The molecule has 0 aliphatic rings. The summed E-state index contributed by atoms with van der Waals surface area (Å²) in [6.07, 6.45) is 0.0371. The second kappa shape index (κ2) is 6.39. The van der Waals surface area contributed by atoms with Crippen molar-refractivity contribution in [3.05, 3.63) is 0 Å². The number of carbonyl (C=O) groups excluding carboxylic acids is 1. The molecule has 1 amide bonds. The van der Waals surface area contributed by atoms with E-state index in [1.54, 1.807) is 0 Å². The largest absolute Gasteiger partial charge is 0.369 e. The Balaban J connectivity index is 4.10. The van der Waals surface area contributed by atoms with Crippen molar-refractivity contribution in [2.45, 2.75) is 39.8 Å². The normalized spacial score (nSPS) is 10.4. The summed E-state index contributed by atoms with van der Waals surface area (Å²) in [6, 6.07) is 2.01. The molecule has 0 aromatic carbocycles. The van der Waals surface area contributed by atoms with E-state index < -0.39 is 0 Å². The predicted octanol–water partition coefficient (Wildman–Crippen LogP) is 1.17. The fourth-order valence-electron chi connectivity index (χ4n) is 0.956. The van der Waals surface area contributed by atoms with Crippen molar-refractivity contribution in [3.63, 3.8) is 0 Å². The first-order chi connectivity index (χ1) is 6.49. The molecule has 0 aliphatic heterocycles. The van der Waals surface area contributed by atoms with Gasteiger partial charge in [-0.3, -0.25) is 4.79 Å². The van der Waals surface area contributed by atoms with Gasteiger partial charge in [0.15, 0.2) is 0 Å². The molecule has 0 unspecified atom stereocenters. The maximum atomic E-state index is 11.5. The Labute approximate surface area is 85.5 Å². The van der Waals surface area contributed by atoms with Gasteiger partial charge in [-0.2, -0.15) is 5.26 Å². The second-order valence-electron chi connectivity index (χ2n) is 3.63. The second-order valence-corrected chi connectivity index (χ2v) is 3.63. The van der Waals surface area contributed by atoms with E-state index in [2.05, 4.69) is 0 Å². The molecule has 0 rings (SSSR count). The van der Waals surface area contributed by atoms with Crippen molar-refractivity contribution in [3.8, 4) is 6.07 Å². The van der Waals surface area contributed by atoms with Crippen molar-refractivity contribution < 1.29 is 9.53 Å². The molecule has 0 aromatic rings. The molecular formula is C10H18N2O2. The van der Waals surface area contributed by atoms with Gasteiger partial charge in [0.2, 0.25) is 5.91 Å². The SMILES string of the molecule is CC(C)OCC(=O)N(CC#N)C(C)C. The van der Waals surface area contributed by atoms with E-state index in [-0.39, 0.29) is 31.2 Å². The zero-order chi connectivity index (χ0) is 11.1. The molecule has 0 atom stereocenters. The molecule has 80 valence electrons. The topological polar surface area (TPSA) is 53.3 Å². The first-order valence-corrected chi connectivity index (χ1v) is 4.77. The quantitative estimate of drug-likeness (QED) is 0.623. The van der Waals surface area contributed by atoms with Gasteiger partial charge in [0.1, 0.15) is 13.2 Å². The highest BCUT2D eigenvalue weighted by atomic mass is 16.5. The summed E-state index contributed by atoms with van der Waals surface area (Å²) in [5.41, 5.74) is 0. The number of rotatable bonds is 5. The van der Waals surface area contributed by atoms with Crippen LogP contribution in [0.5, 0.6) is 0 Å². The molecule has 0 spiro atoms. The molecule has 0 bridgehead atoms. The van der Waals surface area contributed by atoms with Gasteiger partial charge in [0.25, 0.3) is 0 Å². The molecule has 14 heavy (non-hydrogen) atoms. The molecule has 0 saturated heterocycles. The van der Waals surface area contributed by atoms with Crippen molar-refractivity contribution in [2.75, 3.05) is 13.2 Å². The van der Waals surface area contributed by atoms with E-state index in [9.17, 15) is 4.79 Å². The molecule has 0 radical (unpaired) electrons. The Kier molecular flexibility index (Phi) is 5.89. The Morgan fingerprint density at radius 1 is 1.43 bits per heavy atom. The zero-order valence-electron chi connectivity index (χ0n) is 9.28. The highest BCUT2D eigenvalue weighted by Crippen LogP contribution is 1.99. The summed E-state index contributed by atoms with van der Waals surface area (Å²) >= 11 is 0. The lowest BCUT2D eigenvalue weighted by Gasteiger charge is -2.24. The number of nitriles is 1. The van der Waals surface area contributed by atoms with Crippen LogP contribution >= 0.6 is 0 Å². The minimum absolute atomic E-state index is 0.0371. The van der Waals surface area contributed by atoms with Crippen LogP contribution < -0.4 is 0 Å². The maximum Gasteiger partial charge on any atom is 0.249 e. The first-order valence-electron chi connectivity index (χ1n) is 4.77. The van der Waals surface area contributed by atoms with Crippen molar-refractivity contribution in [2.24, 2.45) is 0 Å². The maximum absolute atomic E-state index is 11.5. The molecular weight excluding hydrogens is 180 g/mol. The Morgan fingerprint density at radius 3 is 2.36 bits per heavy atom. The summed E-state index contributed by atoms with van der Waals surface area (Å²) < 4.78 is 5.18.